The van der Waals surface area contributed by atoms with E-state index in [1.807, 2.05) is 20.8 Å². The molecule has 36 heavy (non-hydrogen) atoms. The van der Waals surface area contributed by atoms with Gasteiger partial charge in [0, 0.05) is 11.3 Å². The molecule has 0 fully saturated rings. The molecular weight excluding hydrogens is 505 g/mol. The number of halogens is 5. The second kappa shape index (κ2) is 11.6. The summed E-state index contributed by atoms with van der Waals surface area (Å²) in [6.45, 7) is 7.10. The molecule has 2 aromatic rings. The number of carbonyl (C=O) groups excluding carboxylic acids is 1. The Hall–Kier alpha value is -2.69. The van der Waals surface area contributed by atoms with E-state index in [1.54, 1.807) is 0 Å². The predicted octanol–water partition coefficient (Wildman–Crippen LogP) is 9.13. The molecule has 0 heterocycles. The van der Waals surface area contributed by atoms with Gasteiger partial charge < -0.3 is 19.5 Å². The van der Waals surface area contributed by atoms with E-state index in [0.29, 0.717) is 25.6 Å². The lowest BCUT2D eigenvalue weighted by atomic mass is 10.1. The average molecular weight is 540 g/mol. The van der Waals surface area contributed by atoms with Crippen LogP contribution in [0.5, 0.6) is 17.2 Å². The molecule has 1 N–H and O–H groups in total. The summed E-state index contributed by atoms with van der Waals surface area (Å²) in [5, 5.41) is 2.26. The molecule has 1 amide bonds. The molecule has 0 unspecified atom stereocenters. The fourth-order valence-corrected chi connectivity index (χ4v) is 3.74. The van der Waals surface area contributed by atoms with Gasteiger partial charge in [0.1, 0.15) is 4.90 Å². The molecule has 0 saturated carbocycles. The van der Waals surface area contributed by atoms with Gasteiger partial charge in [-0.1, -0.05) is 65.5 Å². The highest BCUT2D eigenvalue weighted by Crippen LogP contribution is 3.02. The smallest absolute Gasteiger partial charge is 0.310 e. The van der Waals surface area contributed by atoms with E-state index in [1.165, 1.54) is 12.1 Å². The number of ether oxygens (including phenoxy) is 3. The van der Waals surface area contributed by atoms with Gasteiger partial charge in [0.15, 0.2) is 11.5 Å². The SMILES string of the molecule is CCCCOc1cc(C(=O)Nc2cccc(S(F)(F)(F)(F)F)c2)cc(OCCCC)c1OCCCC. The maximum Gasteiger partial charge on any atom is 0.310 e. The third-order valence-electron chi connectivity index (χ3n) is 5.08. The minimum atomic E-state index is -9.90. The molecule has 204 valence electrons. The van der Waals surface area contributed by atoms with Crippen molar-refractivity contribution in [3.05, 3.63) is 42.0 Å². The predicted molar refractivity (Wildman–Crippen MR) is 133 cm³/mol. The van der Waals surface area contributed by atoms with Crippen LogP contribution in [0.15, 0.2) is 41.3 Å². The number of rotatable bonds is 15. The molecule has 11 heteroatoms. The van der Waals surface area contributed by atoms with E-state index in [4.69, 9.17) is 14.2 Å². The lowest BCUT2D eigenvalue weighted by Gasteiger charge is -2.40. The lowest BCUT2D eigenvalue weighted by Crippen LogP contribution is -2.14. The molecule has 0 spiro atoms. The molecule has 0 atom stereocenters. The number of nitrogens with one attached hydrogen (secondary N) is 1. The molecule has 0 aliphatic carbocycles. The molecule has 0 aliphatic rings. The fourth-order valence-electron chi connectivity index (χ4n) is 3.05. The summed E-state index contributed by atoms with van der Waals surface area (Å²) < 4.78 is 83.6. The monoisotopic (exact) mass is 539 g/mol. The van der Waals surface area contributed by atoms with Gasteiger partial charge in [-0.15, -0.1) is 0 Å². The van der Waals surface area contributed by atoms with Gasteiger partial charge >= 0.3 is 10.2 Å². The number of anilines is 1. The van der Waals surface area contributed by atoms with Crippen LogP contribution in [0.1, 0.15) is 69.7 Å². The largest absolute Gasteiger partial charge is 0.490 e. The Morgan fingerprint density at radius 2 is 1.28 bits per heavy atom. The van der Waals surface area contributed by atoms with Crippen molar-refractivity contribution >= 4 is 21.8 Å². The van der Waals surface area contributed by atoms with Crippen LogP contribution in [0.25, 0.3) is 0 Å². The van der Waals surface area contributed by atoms with Gasteiger partial charge in [0.05, 0.1) is 19.8 Å². The standard InChI is InChI=1S/C25H34F5NO4S/c1-4-7-13-33-22-16-19(17-23(34-14-8-5-2)24(22)35-15-9-6-3)25(32)31-20-11-10-12-21(18-20)36(26,27,28,29)30/h10-12,16-18H,4-9,13-15H2,1-3H3,(H,31,32). The summed E-state index contributed by atoms with van der Waals surface area (Å²) in [5.41, 5.74) is -0.399. The molecule has 0 aromatic heterocycles. The van der Waals surface area contributed by atoms with Crippen LogP contribution < -0.4 is 19.5 Å². The average Bonchev–Trinajstić information content (AvgIpc) is 2.79. The van der Waals surface area contributed by atoms with Crippen molar-refractivity contribution in [2.75, 3.05) is 25.1 Å². The minimum Gasteiger partial charge on any atom is -0.490 e. The van der Waals surface area contributed by atoms with Gasteiger partial charge in [0.2, 0.25) is 5.75 Å². The Labute approximate surface area is 209 Å². The molecule has 0 aliphatic heterocycles. The molecule has 0 bridgehead atoms. The zero-order valence-electron chi connectivity index (χ0n) is 20.8. The summed E-state index contributed by atoms with van der Waals surface area (Å²) in [6, 6.07) is 5.23. The number of hydrogen-bond donors (Lipinski definition) is 1. The Bertz CT molecular complexity index is 1000. The van der Waals surface area contributed by atoms with Crippen LogP contribution >= 0.6 is 10.2 Å². The molecule has 0 saturated heterocycles. The normalized spacial score (nSPS) is 13.4. The lowest BCUT2D eigenvalue weighted by molar-refractivity contribution is 0.102. The van der Waals surface area contributed by atoms with E-state index < -0.39 is 26.7 Å². The maximum absolute atomic E-state index is 13.2. The maximum atomic E-state index is 13.2. The van der Waals surface area contributed by atoms with Gasteiger partial charge in [-0.3, -0.25) is 4.79 Å². The topological polar surface area (TPSA) is 56.8 Å². The van der Waals surface area contributed by atoms with Crippen LogP contribution in [0, 0.1) is 0 Å². The van der Waals surface area contributed by atoms with E-state index in [0.717, 1.165) is 50.7 Å². The summed E-state index contributed by atoms with van der Waals surface area (Å²) in [6.07, 6.45) is 4.92. The number of carbonyl (C=O) groups is 1. The Morgan fingerprint density at radius 3 is 1.75 bits per heavy atom. The number of hydrogen-bond acceptors (Lipinski definition) is 4. The highest BCUT2D eigenvalue weighted by molar-refractivity contribution is 8.45. The second-order valence-corrected chi connectivity index (χ2v) is 10.8. The van der Waals surface area contributed by atoms with Crippen molar-refractivity contribution in [2.24, 2.45) is 0 Å². The molecule has 5 nitrogen and oxygen atoms in total. The zero-order valence-corrected chi connectivity index (χ0v) is 21.6. The van der Waals surface area contributed by atoms with Gasteiger partial charge in [-0.25, -0.2) is 0 Å². The molecule has 2 aromatic carbocycles. The van der Waals surface area contributed by atoms with E-state index in [9.17, 15) is 24.2 Å². The van der Waals surface area contributed by atoms with Crippen molar-refractivity contribution in [1.82, 2.24) is 0 Å². The van der Waals surface area contributed by atoms with Crippen LogP contribution in [0.4, 0.5) is 25.1 Å². The van der Waals surface area contributed by atoms with Crippen LogP contribution in [0.3, 0.4) is 0 Å². The highest BCUT2D eigenvalue weighted by atomic mass is 32.5. The van der Waals surface area contributed by atoms with E-state index in [-0.39, 0.29) is 29.2 Å². The first-order chi connectivity index (χ1) is 16.8. The Balaban J connectivity index is 2.43. The first-order valence-electron chi connectivity index (χ1n) is 12.0. The summed E-state index contributed by atoms with van der Waals surface area (Å²) >= 11 is 0. The third-order valence-corrected chi connectivity index (χ3v) is 6.22. The molecule has 2 rings (SSSR count). The van der Waals surface area contributed by atoms with Crippen LogP contribution in [-0.2, 0) is 0 Å². The van der Waals surface area contributed by atoms with Crippen molar-refractivity contribution in [2.45, 2.75) is 64.2 Å². The minimum absolute atomic E-state index is 0.0218. The first kappa shape index (κ1) is 29.5. The quantitative estimate of drug-likeness (QED) is 0.181. The second-order valence-electron chi connectivity index (χ2n) is 8.36. The van der Waals surface area contributed by atoms with Crippen molar-refractivity contribution in [1.29, 1.82) is 0 Å². The van der Waals surface area contributed by atoms with E-state index >= 15 is 0 Å². The van der Waals surface area contributed by atoms with E-state index in [2.05, 4.69) is 5.32 Å². The zero-order chi connectivity index (χ0) is 26.9. The molecular formula is C25H34F5NO4S. The van der Waals surface area contributed by atoms with Crippen molar-refractivity contribution in [3.8, 4) is 17.2 Å². The number of amides is 1. The highest BCUT2D eigenvalue weighted by Gasteiger charge is 2.65. The third kappa shape index (κ3) is 9.07. The van der Waals surface area contributed by atoms with Crippen molar-refractivity contribution in [3.63, 3.8) is 0 Å². The van der Waals surface area contributed by atoms with Crippen molar-refractivity contribution < 1.29 is 38.4 Å². The number of benzene rings is 2. The fraction of sp³-hybridized carbons (Fsp3) is 0.480. The first-order valence-corrected chi connectivity index (χ1v) is 14.0. The summed E-state index contributed by atoms with van der Waals surface area (Å²) in [4.78, 5) is 10.9. The van der Waals surface area contributed by atoms with Gasteiger partial charge in [-0.2, -0.15) is 0 Å². The summed E-state index contributed by atoms with van der Waals surface area (Å²) in [5.74, 6) is 0.0594. The Kier molecular flexibility index (Phi) is 9.50. The molecule has 0 radical (unpaired) electrons. The summed E-state index contributed by atoms with van der Waals surface area (Å²) in [7, 11) is -9.90. The van der Waals surface area contributed by atoms with Gasteiger partial charge in [0.25, 0.3) is 5.91 Å². The van der Waals surface area contributed by atoms with Crippen LogP contribution in [-0.4, -0.2) is 25.7 Å². The Morgan fingerprint density at radius 1 is 0.778 bits per heavy atom. The van der Waals surface area contributed by atoms with Crippen LogP contribution in [0.2, 0.25) is 0 Å². The number of unbranched alkanes of at least 4 members (excludes halogenated alkanes) is 3. The van der Waals surface area contributed by atoms with Gasteiger partial charge in [-0.05, 0) is 49.6 Å².